The van der Waals surface area contributed by atoms with Gasteiger partial charge in [0.15, 0.2) is 5.79 Å². The van der Waals surface area contributed by atoms with Crippen LogP contribution in [0.1, 0.15) is 88.8 Å². The lowest BCUT2D eigenvalue weighted by atomic mass is 9.82. The van der Waals surface area contributed by atoms with Gasteiger partial charge in [-0.05, 0) is 63.2 Å². The van der Waals surface area contributed by atoms with Crippen molar-refractivity contribution in [3.05, 3.63) is 53.1 Å². The highest BCUT2D eigenvalue weighted by Crippen LogP contribution is 2.49. The average molecular weight is 439 g/mol. The summed E-state index contributed by atoms with van der Waals surface area (Å²) < 4.78 is 12.0. The van der Waals surface area contributed by atoms with Crippen LogP contribution in [0.25, 0.3) is 11.1 Å². The van der Waals surface area contributed by atoms with E-state index in [0.717, 1.165) is 26.1 Å². The summed E-state index contributed by atoms with van der Waals surface area (Å²) in [5.74, 6) is 1.27. The number of benzene rings is 2. The highest BCUT2D eigenvalue weighted by molar-refractivity contribution is 7.66. The predicted octanol–water partition coefficient (Wildman–Crippen LogP) is 7.37. The standard InChI is InChI=1S/C28H39O2P/c1-19(2)22-17-24(20(3)4)27(25(18-22)21(5)6)23-9-7-8-10-26(23)31-15-11-28(12-16-31)29-13-14-30-28/h7-10,17-21H,11-16H2,1-6H3. The number of ether oxygens (including phenoxy) is 2. The van der Waals surface area contributed by atoms with E-state index in [1.54, 1.807) is 5.30 Å². The van der Waals surface area contributed by atoms with Crippen molar-refractivity contribution in [1.29, 1.82) is 0 Å². The molecule has 0 unspecified atom stereocenters. The zero-order chi connectivity index (χ0) is 22.2. The second kappa shape index (κ2) is 9.34. The second-order valence-electron chi connectivity index (χ2n) is 10.2. The molecule has 3 heteroatoms. The Morgan fingerprint density at radius 3 is 1.84 bits per heavy atom. The van der Waals surface area contributed by atoms with Gasteiger partial charge in [0.2, 0.25) is 0 Å². The van der Waals surface area contributed by atoms with E-state index in [1.165, 1.54) is 40.1 Å². The summed E-state index contributed by atoms with van der Waals surface area (Å²) >= 11 is 0. The minimum absolute atomic E-state index is 0.197. The van der Waals surface area contributed by atoms with E-state index in [-0.39, 0.29) is 13.7 Å². The normalized spacial score (nSPS) is 19.3. The van der Waals surface area contributed by atoms with Crippen molar-refractivity contribution >= 4 is 13.2 Å². The van der Waals surface area contributed by atoms with Crippen LogP contribution >= 0.6 is 7.92 Å². The summed E-state index contributed by atoms with van der Waals surface area (Å²) in [6.45, 7) is 15.5. The molecule has 168 valence electrons. The van der Waals surface area contributed by atoms with Crippen LogP contribution in [0, 0.1) is 0 Å². The monoisotopic (exact) mass is 438 g/mol. The molecule has 2 heterocycles. The highest BCUT2D eigenvalue weighted by atomic mass is 31.1. The summed E-state index contributed by atoms with van der Waals surface area (Å²) in [6.07, 6.45) is 4.47. The maximum absolute atomic E-state index is 6.01. The molecule has 2 aromatic rings. The molecule has 0 bridgehead atoms. The molecule has 2 saturated heterocycles. The molecule has 2 aliphatic heterocycles. The van der Waals surface area contributed by atoms with E-state index in [0.29, 0.717) is 17.8 Å². The van der Waals surface area contributed by atoms with Gasteiger partial charge in [-0.2, -0.15) is 0 Å². The van der Waals surface area contributed by atoms with Crippen molar-refractivity contribution in [2.24, 2.45) is 0 Å². The van der Waals surface area contributed by atoms with Gasteiger partial charge in [0.25, 0.3) is 0 Å². The SMILES string of the molecule is CC(C)c1cc(C(C)C)c(-c2ccccc2P2CCC3(CC2)OCCO3)c(C(C)C)c1. The maximum Gasteiger partial charge on any atom is 0.169 e. The van der Waals surface area contributed by atoms with Gasteiger partial charge in [-0.15, -0.1) is 0 Å². The molecule has 0 aliphatic carbocycles. The van der Waals surface area contributed by atoms with Crippen molar-refractivity contribution in [2.45, 2.75) is 77.9 Å². The minimum atomic E-state index is -0.279. The van der Waals surface area contributed by atoms with Gasteiger partial charge in [-0.3, -0.25) is 0 Å². The summed E-state index contributed by atoms with van der Waals surface area (Å²) in [4.78, 5) is 0. The average Bonchev–Trinajstić information content (AvgIpc) is 3.21. The molecule has 0 saturated carbocycles. The van der Waals surface area contributed by atoms with Crippen molar-refractivity contribution in [3.63, 3.8) is 0 Å². The lowest BCUT2D eigenvalue weighted by Gasteiger charge is -2.36. The van der Waals surface area contributed by atoms with Crippen LogP contribution < -0.4 is 5.30 Å². The first-order valence-corrected chi connectivity index (χ1v) is 13.8. The molecule has 2 aromatic carbocycles. The number of hydrogen-bond acceptors (Lipinski definition) is 2. The molecule has 0 atom stereocenters. The quantitative estimate of drug-likeness (QED) is 0.454. The van der Waals surface area contributed by atoms with E-state index < -0.39 is 0 Å². The second-order valence-corrected chi connectivity index (χ2v) is 12.6. The van der Waals surface area contributed by atoms with Crippen LogP contribution in [0.2, 0.25) is 0 Å². The first-order valence-electron chi connectivity index (χ1n) is 12.1. The lowest BCUT2D eigenvalue weighted by Crippen LogP contribution is -2.36. The Labute approximate surface area is 190 Å². The summed E-state index contributed by atoms with van der Waals surface area (Å²) in [7, 11) is -0.197. The predicted molar refractivity (Wildman–Crippen MR) is 134 cm³/mol. The third kappa shape index (κ3) is 4.63. The minimum Gasteiger partial charge on any atom is -0.348 e. The third-order valence-electron chi connectivity index (χ3n) is 6.99. The maximum atomic E-state index is 6.01. The fourth-order valence-corrected chi connectivity index (χ4v) is 7.85. The molecule has 2 aliphatic rings. The first kappa shape index (κ1) is 23.0. The summed E-state index contributed by atoms with van der Waals surface area (Å²) in [5.41, 5.74) is 7.46. The van der Waals surface area contributed by atoms with Gasteiger partial charge >= 0.3 is 0 Å². The van der Waals surface area contributed by atoms with Gasteiger partial charge in [0, 0.05) is 12.8 Å². The van der Waals surface area contributed by atoms with Gasteiger partial charge < -0.3 is 9.47 Å². The Kier molecular flexibility index (Phi) is 6.92. The zero-order valence-corrected chi connectivity index (χ0v) is 21.1. The highest BCUT2D eigenvalue weighted by Gasteiger charge is 2.41. The van der Waals surface area contributed by atoms with Gasteiger partial charge in [-0.25, -0.2) is 0 Å². The van der Waals surface area contributed by atoms with E-state index in [9.17, 15) is 0 Å². The van der Waals surface area contributed by atoms with E-state index in [2.05, 4.69) is 77.9 Å². The topological polar surface area (TPSA) is 18.5 Å². The molecule has 2 fully saturated rings. The smallest absolute Gasteiger partial charge is 0.169 e. The van der Waals surface area contributed by atoms with Crippen LogP contribution in [0.15, 0.2) is 36.4 Å². The fourth-order valence-electron chi connectivity index (χ4n) is 5.10. The zero-order valence-electron chi connectivity index (χ0n) is 20.2. The molecule has 0 aromatic heterocycles. The van der Waals surface area contributed by atoms with Gasteiger partial charge in [0.05, 0.1) is 13.2 Å². The molecule has 1 spiro atoms. The fraction of sp³-hybridized carbons (Fsp3) is 0.571. The van der Waals surface area contributed by atoms with Crippen LogP contribution in [0.5, 0.6) is 0 Å². The molecule has 0 radical (unpaired) electrons. The van der Waals surface area contributed by atoms with Crippen LogP contribution in [0.3, 0.4) is 0 Å². The summed E-state index contributed by atoms with van der Waals surface area (Å²) in [5, 5.41) is 1.58. The van der Waals surface area contributed by atoms with Crippen LogP contribution in [0.4, 0.5) is 0 Å². The Hall–Kier alpha value is -1.21. The third-order valence-corrected chi connectivity index (χ3v) is 9.58. The number of hydrogen-bond donors (Lipinski definition) is 0. The Morgan fingerprint density at radius 1 is 0.774 bits per heavy atom. The first-order chi connectivity index (χ1) is 14.8. The van der Waals surface area contributed by atoms with Crippen molar-refractivity contribution in [2.75, 3.05) is 25.5 Å². The van der Waals surface area contributed by atoms with Crippen LogP contribution in [-0.4, -0.2) is 31.3 Å². The van der Waals surface area contributed by atoms with Crippen molar-refractivity contribution < 1.29 is 9.47 Å². The molecule has 2 nitrogen and oxygen atoms in total. The van der Waals surface area contributed by atoms with E-state index >= 15 is 0 Å². The van der Waals surface area contributed by atoms with Gasteiger partial charge in [0.1, 0.15) is 0 Å². The molecular formula is C28H39O2P. The lowest BCUT2D eigenvalue weighted by molar-refractivity contribution is -0.161. The Morgan fingerprint density at radius 2 is 1.32 bits per heavy atom. The largest absolute Gasteiger partial charge is 0.348 e. The van der Waals surface area contributed by atoms with E-state index in [1.807, 2.05) is 0 Å². The summed E-state index contributed by atoms with van der Waals surface area (Å²) in [6, 6.07) is 14.2. The molecular weight excluding hydrogens is 399 g/mol. The van der Waals surface area contributed by atoms with Gasteiger partial charge in [-0.1, -0.05) is 85.9 Å². The molecule has 31 heavy (non-hydrogen) atoms. The molecule has 0 N–H and O–H groups in total. The van der Waals surface area contributed by atoms with Crippen molar-refractivity contribution in [1.82, 2.24) is 0 Å². The number of rotatable bonds is 5. The molecule has 4 rings (SSSR count). The Balaban J connectivity index is 1.79. The van der Waals surface area contributed by atoms with Crippen LogP contribution in [-0.2, 0) is 9.47 Å². The Bertz CT molecular complexity index is 870. The van der Waals surface area contributed by atoms with E-state index in [4.69, 9.17) is 9.47 Å². The van der Waals surface area contributed by atoms with Crippen molar-refractivity contribution in [3.8, 4) is 11.1 Å². The molecule has 0 amide bonds.